The largest absolute Gasteiger partial charge is 0.445 e. The van der Waals surface area contributed by atoms with E-state index in [4.69, 9.17) is 4.42 Å². The quantitative estimate of drug-likeness (QED) is 0.689. The summed E-state index contributed by atoms with van der Waals surface area (Å²) in [6.45, 7) is 5.58. The van der Waals surface area contributed by atoms with Crippen LogP contribution in [-0.4, -0.2) is 45.5 Å². The molecule has 8 heteroatoms. The van der Waals surface area contributed by atoms with Gasteiger partial charge in [0.05, 0.1) is 10.9 Å². The fraction of sp³-hybridized carbons (Fsp3) is 0.429. The van der Waals surface area contributed by atoms with Gasteiger partial charge in [-0.2, -0.15) is 4.98 Å². The Morgan fingerprint density at radius 1 is 1.31 bits per heavy atom. The molecule has 29 heavy (non-hydrogen) atoms. The molecule has 0 aromatic carbocycles. The van der Waals surface area contributed by atoms with Crippen LogP contribution in [0.3, 0.4) is 0 Å². The standard InChI is InChI=1S/C21H24N6O2/c1-13-23-18(26-21(2)7-8-21)17-15(12-29-20(17)24-13)19(28)25-14-6-10-27(11-14)16-5-3-4-9-22-16/h3-5,9,12,14H,6-8,10-11H2,1-2H3,(H,25,28)(H,23,24,26). The van der Waals surface area contributed by atoms with Crippen LogP contribution in [0.25, 0.3) is 11.1 Å². The minimum Gasteiger partial charge on any atom is -0.445 e. The number of aryl methyl sites for hydroxylation is 1. The van der Waals surface area contributed by atoms with Crippen LogP contribution < -0.4 is 15.5 Å². The third kappa shape index (κ3) is 3.50. The van der Waals surface area contributed by atoms with Gasteiger partial charge in [-0.25, -0.2) is 9.97 Å². The molecule has 150 valence electrons. The molecule has 1 unspecified atom stereocenters. The fourth-order valence-corrected chi connectivity index (χ4v) is 3.79. The Hall–Kier alpha value is -3.16. The summed E-state index contributed by atoms with van der Waals surface area (Å²) in [4.78, 5) is 28.5. The number of carbonyl (C=O) groups is 1. The lowest BCUT2D eigenvalue weighted by Crippen LogP contribution is -2.37. The van der Waals surface area contributed by atoms with E-state index < -0.39 is 0 Å². The van der Waals surface area contributed by atoms with Crippen LogP contribution in [0.5, 0.6) is 0 Å². The molecule has 1 saturated heterocycles. The lowest BCUT2D eigenvalue weighted by atomic mass is 10.1. The monoisotopic (exact) mass is 392 g/mol. The van der Waals surface area contributed by atoms with E-state index in [1.807, 2.05) is 25.1 Å². The van der Waals surface area contributed by atoms with E-state index in [2.05, 4.69) is 37.4 Å². The number of pyridine rings is 1. The number of aromatic nitrogens is 3. The van der Waals surface area contributed by atoms with Crippen LogP contribution >= 0.6 is 0 Å². The molecule has 1 aliphatic heterocycles. The topological polar surface area (TPSA) is 96.2 Å². The predicted octanol–water partition coefficient (Wildman–Crippen LogP) is 2.90. The Bertz CT molecular complexity index is 1060. The fourth-order valence-electron chi connectivity index (χ4n) is 3.79. The molecular formula is C21H24N6O2. The van der Waals surface area contributed by atoms with E-state index >= 15 is 0 Å². The van der Waals surface area contributed by atoms with Crippen LogP contribution in [0.15, 0.2) is 35.1 Å². The zero-order valence-corrected chi connectivity index (χ0v) is 16.6. The average Bonchev–Trinajstić information content (AvgIpc) is 3.09. The average molecular weight is 392 g/mol. The number of fused-ring (bicyclic) bond motifs is 1. The summed E-state index contributed by atoms with van der Waals surface area (Å²) < 4.78 is 5.61. The highest BCUT2D eigenvalue weighted by atomic mass is 16.3. The van der Waals surface area contributed by atoms with E-state index in [-0.39, 0.29) is 17.5 Å². The molecule has 3 aromatic heterocycles. The Kier molecular flexibility index (Phi) is 4.15. The molecule has 4 heterocycles. The molecular weight excluding hydrogens is 368 g/mol. The van der Waals surface area contributed by atoms with Crippen molar-refractivity contribution in [2.45, 2.75) is 44.7 Å². The van der Waals surface area contributed by atoms with Gasteiger partial charge >= 0.3 is 0 Å². The van der Waals surface area contributed by atoms with Gasteiger partial charge in [0, 0.05) is 30.9 Å². The molecule has 1 saturated carbocycles. The molecule has 2 N–H and O–H groups in total. The van der Waals surface area contributed by atoms with Gasteiger partial charge in [-0.05, 0) is 45.2 Å². The molecule has 0 radical (unpaired) electrons. The van der Waals surface area contributed by atoms with Crippen molar-refractivity contribution >= 4 is 28.6 Å². The summed E-state index contributed by atoms with van der Waals surface area (Å²) in [7, 11) is 0. The van der Waals surface area contributed by atoms with E-state index in [1.165, 1.54) is 6.26 Å². The van der Waals surface area contributed by atoms with E-state index in [0.29, 0.717) is 28.3 Å². The Labute approximate surface area is 168 Å². The van der Waals surface area contributed by atoms with Gasteiger partial charge in [0.1, 0.15) is 23.7 Å². The number of amides is 1. The van der Waals surface area contributed by atoms with Crippen LogP contribution in [0.1, 0.15) is 42.4 Å². The lowest BCUT2D eigenvalue weighted by Gasteiger charge is -2.18. The lowest BCUT2D eigenvalue weighted by molar-refractivity contribution is 0.0941. The summed E-state index contributed by atoms with van der Waals surface area (Å²) in [5, 5.41) is 7.27. The second-order valence-electron chi connectivity index (χ2n) is 8.23. The molecule has 1 aliphatic carbocycles. The number of anilines is 2. The maximum atomic E-state index is 13.0. The van der Waals surface area contributed by atoms with Crippen LogP contribution in [0.2, 0.25) is 0 Å². The molecule has 5 rings (SSSR count). The Morgan fingerprint density at radius 2 is 2.17 bits per heavy atom. The Balaban J connectivity index is 1.36. The van der Waals surface area contributed by atoms with Gasteiger partial charge < -0.3 is 20.0 Å². The second kappa shape index (κ2) is 6.72. The van der Waals surface area contributed by atoms with Crippen molar-refractivity contribution < 1.29 is 9.21 Å². The van der Waals surface area contributed by atoms with Crippen molar-refractivity contribution in [1.82, 2.24) is 20.3 Å². The van der Waals surface area contributed by atoms with E-state index in [9.17, 15) is 4.79 Å². The van der Waals surface area contributed by atoms with Gasteiger partial charge in [0.15, 0.2) is 0 Å². The first-order valence-electron chi connectivity index (χ1n) is 10.0. The van der Waals surface area contributed by atoms with Crippen molar-refractivity contribution in [3.63, 3.8) is 0 Å². The number of furan rings is 1. The van der Waals surface area contributed by atoms with Crippen molar-refractivity contribution in [1.29, 1.82) is 0 Å². The maximum absolute atomic E-state index is 13.0. The smallest absolute Gasteiger partial charge is 0.255 e. The second-order valence-corrected chi connectivity index (χ2v) is 8.23. The molecule has 0 bridgehead atoms. The SMILES string of the molecule is Cc1nc(NC2(C)CC2)c2c(C(=O)NC3CCN(c4ccccn4)C3)coc2n1. The number of rotatable bonds is 5. The number of hydrogen-bond acceptors (Lipinski definition) is 7. The summed E-state index contributed by atoms with van der Waals surface area (Å²) in [6.07, 6.45) is 6.32. The predicted molar refractivity (Wildman–Crippen MR) is 110 cm³/mol. The first-order valence-corrected chi connectivity index (χ1v) is 10.0. The van der Waals surface area contributed by atoms with E-state index in [0.717, 1.165) is 38.2 Å². The number of hydrogen-bond donors (Lipinski definition) is 2. The highest BCUT2D eigenvalue weighted by Crippen LogP contribution is 2.40. The van der Waals surface area contributed by atoms with Gasteiger partial charge in [-0.1, -0.05) is 6.07 Å². The van der Waals surface area contributed by atoms with Gasteiger partial charge in [-0.15, -0.1) is 0 Å². The van der Waals surface area contributed by atoms with Crippen LogP contribution in [-0.2, 0) is 0 Å². The number of carbonyl (C=O) groups excluding carboxylic acids is 1. The summed E-state index contributed by atoms with van der Waals surface area (Å²) in [5.41, 5.74) is 0.951. The molecule has 3 aromatic rings. The summed E-state index contributed by atoms with van der Waals surface area (Å²) in [5.74, 6) is 2.07. The third-order valence-electron chi connectivity index (χ3n) is 5.71. The number of nitrogens with one attached hydrogen (secondary N) is 2. The first-order chi connectivity index (χ1) is 14.0. The van der Waals surface area contributed by atoms with Crippen LogP contribution in [0.4, 0.5) is 11.6 Å². The summed E-state index contributed by atoms with van der Waals surface area (Å²) >= 11 is 0. The third-order valence-corrected chi connectivity index (χ3v) is 5.71. The van der Waals surface area contributed by atoms with E-state index in [1.54, 1.807) is 6.20 Å². The van der Waals surface area contributed by atoms with Crippen molar-refractivity contribution in [2.24, 2.45) is 0 Å². The zero-order chi connectivity index (χ0) is 20.0. The van der Waals surface area contributed by atoms with Crippen molar-refractivity contribution in [2.75, 3.05) is 23.3 Å². The maximum Gasteiger partial charge on any atom is 0.255 e. The van der Waals surface area contributed by atoms with Crippen molar-refractivity contribution in [3.05, 3.63) is 42.0 Å². The van der Waals surface area contributed by atoms with Gasteiger partial charge in [0.25, 0.3) is 5.91 Å². The summed E-state index contributed by atoms with van der Waals surface area (Å²) in [6, 6.07) is 5.92. The molecule has 1 atom stereocenters. The highest BCUT2D eigenvalue weighted by molar-refractivity contribution is 6.09. The first kappa shape index (κ1) is 17.9. The molecule has 1 amide bonds. The molecule has 2 aliphatic rings. The minimum atomic E-state index is -0.159. The highest BCUT2D eigenvalue weighted by Gasteiger charge is 2.38. The molecule has 2 fully saturated rings. The van der Waals surface area contributed by atoms with Gasteiger partial charge in [0.2, 0.25) is 5.71 Å². The molecule has 0 spiro atoms. The normalized spacial score (nSPS) is 20.1. The zero-order valence-electron chi connectivity index (χ0n) is 16.6. The Morgan fingerprint density at radius 3 is 2.93 bits per heavy atom. The van der Waals surface area contributed by atoms with Crippen molar-refractivity contribution in [3.8, 4) is 0 Å². The number of nitrogens with zero attached hydrogens (tertiary/aromatic N) is 4. The molecule has 8 nitrogen and oxygen atoms in total. The van der Waals surface area contributed by atoms with Gasteiger partial charge in [-0.3, -0.25) is 4.79 Å². The van der Waals surface area contributed by atoms with Crippen LogP contribution in [0, 0.1) is 6.92 Å². The minimum absolute atomic E-state index is 0.0351.